The third kappa shape index (κ3) is 1.39. The monoisotopic (exact) mass is 178 g/mol. The number of carbonyl (C=O) groups excluding carboxylic acids is 1. The summed E-state index contributed by atoms with van der Waals surface area (Å²) in [4.78, 5) is 11.6. The molecule has 1 aromatic heterocycles. The maximum atomic E-state index is 11.6. The Bertz CT molecular complexity index is 317. The van der Waals surface area contributed by atoms with Crippen molar-refractivity contribution in [2.45, 2.75) is 33.2 Å². The molecule has 0 aliphatic carbocycles. The maximum absolute atomic E-state index is 11.6. The summed E-state index contributed by atoms with van der Waals surface area (Å²) in [7, 11) is 0. The number of rotatable bonds is 2. The molecule has 1 aromatic rings. The van der Waals surface area contributed by atoms with E-state index in [2.05, 4.69) is 5.10 Å². The smallest absolute Gasteiger partial charge is 0.185 e. The van der Waals surface area contributed by atoms with Gasteiger partial charge in [0.15, 0.2) is 5.78 Å². The topological polar surface area (TPSA) is 34.9 Å². The van der Waals surface area contributed by atoms with Crippen LogP contribution in [0.1, 0.15) is 36.5 Å². The van der Waals surface area contributed by atoms with Gasteiger partial charge in [0.1, 0.15) is 5.69 Å². The lowest BCUT2D eigenvalue weighted by Gasteiger charge is -1.98. The van der Waals surface area contributed by atoms with Gasteiger partial charge in [0.2, 0.25) is 0 Å². The van der Waals surface area contributed by atoms with Crippen molar-refractivity contribution >= 4 is 5.78 Å². The number of hydrogen-bond donors (Lipinski definition) is 0. The Labute approximate surface area is 77.7 Å². The minimum atomic E-state index is 0.0515. The van der Waals surface area contributed by atoms with Crippen LogP contribution in [-0.4, -0.2) is 15.6 Å². The summed E-state index contributed by atoms with van der Waals surface area (Å²) in [6, 6.07) is 1.94. The van der Waals surface area contributed by atoms with Crippen molar-refractivity contribution in [3.63, 3.8) is 0 Å². The van der Waals surface area contributed by atoms with Crippen LogP contribution in [0.25, 0.3) is 0 Å². The largest absolute Gasteiger partial charge is 0.292 e. The summed E-state index contributed by atoms with van der Waals surface area (Å²) in [6.45, 7) is 4.79. The SMILES string of the molecule is CC(C)C(=O)c1cc2n(n1)CCC2. The highest BCUT2D eigenvalue weighted by Gasteiger charge is 2.19. The molecular formula is C10H14N2O. The molecule has 0 saturated carbocycles. The van der Waals surface area contributed by atoms with Gasteiger partial charge in [-0.25, -0.2) is 0 Å². The minimum absolute atomic E-state index is 0.0515. The molecule has 0 spiro atoms. The van der Waals surface area contributed by atoms with Crippen LogP contribution < -0.4 is 0 Å². The fourth-order valence-electron chi connectivity index (χ4n) is 1.68. The second-order valence-electron chi connectivity index (χ2n) is 3.87. The highest BCUT2D eigenvalue weighted by molar-refractivity contribution is 5.95. The Morgan fingerprint density at radius 2 is 2.38 bits per heavy atom. The van der Waals surface area contributed by atoms with E-state index < -0.39 is 0 Å². The first-order chi connectivity index (χ1) is 6.18. The molecule has 2 heterocycles. The number of aromatic nitrogens is 2. The number of carbonyl (C=O) groups is 1. The Morgan fingerprint density at radius 1 is 1.62 bits per heavy atom. The number of ketones is 1. The molecule has 0 N–H and O–H groups in total. The first-order valence-electron chi connectivity index (χ1n) is 4.79. The van der Waals surface area contributed by atoms with Gasteiger partial charge in [-0.05, 0) is 18.9 Å². The van der Waals surface area contributed by atoms with E-state index >= 15 is 0 Å². The van der Waals surface area contributed by atoms with Crippen LogP contribution in [-0.2, 0) is 13.0 Å². The summed E-state index contributed by atoms with van der Waals surface area (Å²) in [5.74, 6) is 0.206. The first-order valence-corrected chi connectivity index (χ1v) is 4.79. The molecule has 1 aliphatic heterocycles. The van der Waals surface area contributed by atoms with Crippen LogP contribution >= 0.6 is 0 Å². The number of hydrogen-bond acceptors (Lipinski definition) is 2. The molecule has 0 atom stereocenters. The Balaban J connectivity index is 2.28. The third-order valence-electron chi connectivity index (χ3n) is 2.44. The molecule has 0 saturated heterocycles. The number of fused-ring (bicyclic) bond motifs is 1. The molecule has 3 heteroatoms. The predicted molar refractivity (Wildman–Crippen MR) is 49.7 cm³/mol. The fraction of sp³-hybridized carbons (Fsp3) is 0.600. The predicted octanol–water partition coefficient (Wildman–Crippen LogP) is 1.67. The molecular weight excluding hydrogens is 164 g/mol. The summed E-state index contributed by atoms with van der Waals surface area (Å²) in [5.41, 5.74) is 1.86. The molecule has 70 valence electrons. The van der Waals surface area contributed by atoms with Crippen molar-refractivity contribution in [3.05, 3.63) is 17.5 Å². The van der Waals surface area contributed by atoms with E-state index in [1.165, 1.54) is 12.1 Å². The van der Waals surface area contributed by atoms with Crippen molar-refractivity contribution in [3.8, 4) is 0 Å². The van der Waals surface area contributed by atoms with Crippen LogP contribution in [0.3, 0.4) is 0 Å². The Kier molecular flexibility index (Phi) is 1.94. The first kappa shape index (κ1) is 8.48. The fourth-order valence-corrected chi connectivity index (χ4v) is 1.68. The van der Waals surface area contributed by atoms with Crippen LogP contribution in [0.5, 0.6) is 0 Å². The molecule has 0 bridgehead atoms. The van der Waals surface area contributed by atoms with Gasteiger partial charge in [0.05, 0.1) is 0 Å². The standard InChI is InChI=1S/C10H14N2O/c1-7(2)10(13)9-6-8-4-3-5-12(8)11-9/h6-7H,3-5H2,1-2H3. The molecule has 13 heavy (non-hydrogen) atoms. The third-order valence-corrected chi connectivity index (χ3v) is 2.44. The van der Waals surface area contributed by atoms with Gasteiger partial charge in [-0.3, -0.25) is 9.48 Å². The zero-order valence-corrected chi connectivity index (χ0v) is 8.08. The quantitative estimate of drug-likeness (QED) is 0.646. The lowest BCUT2D eigenvalue weighted by Crippen LogP contribution is -2.09. The van der Waals surface area contributed by atoms with Gasteiger partial charge in [-0.1, -0.05) is 13.8 Å². The van der Waals surface area contributed by atoms with Crippen LogP contribution in [0.4, 0.5) is 0 Å². The minimum Gasteiger partial charge on any atom is -0.292 e. The van der Waals surface area contributed by atoms with Gasteiger partial charge >= 0.3 is 0 Å². The second-order valence-corrected chi connectivity index (χ2v) is 3.87. The normalized spacial score (nSPS) is 15.0. The second kappa shape index (κ2) is 2.98. The molecule has 0 radical (unpaired) electrons. The molecule has 3 nitrogen and oxygen atoms in total. The van der Waals surface area contributed by atoms with Crippen LogP contribution in [0, 0.1) is 5.92 Å². The van der Waals surface area contributed by atoms with E-state index in [0.29, 0.717) is 5.69 Å². The molecule has 0 aromatic carbocycles. The maximum Gasteiger partial charge on any atom is 0.185 e. The van der Waals surface area contributed by atoms with Gasteiger partial charge in [-0.2, -0.15) is 5.10 Å². The average molecular weight is 178 g/mol. The van der Waals surface area contributed by atoms with E-state index in [-0.39, 0.29) is 11.7 Å². The molecule has 2 rings (SSSR count). The zero-order chi connectivity index (χ0) is 9.42. The van der Waals surface area contributed by atoms with Crippen molar-refractivity contribution in [2.24, 2.45) is 5.92 Å². The molecule has 0 fully saturated rings. The van der Waals surface area contributed by atoms with E-state index in [1.807, 2.05) is 24.6 Å². The lowest BCUT2D eigenvalue weighted by atomic mass is 10.1. The van der Waals surface area contributed by atoms with Gasteiger partial charge in [0, 0.05) is 18.2 Å². The van der Waals surface area contributed by atoms with E-state index in [4.69, 9.17) is 0 Å². The number of aryl methyl sites for hydroxylation is 2. The average Bonchev–Trinajstić information content (AvgIpc) is 2.59. The molecule has 0 unspecified atom stereocenters. The molecule has 1 aliphatic rings. The van der Waals surface area contributed by atoms with Crippen molar-refractivity contribution in [1.82, 2.24) is 9.78 Å². The van der Waals surface area contributed by atoms with Crippen molar-refractivity contribution in [2.75, 3.05) is 0 Å². The van der Waals surface area contributed by atoms with Crippen LogP contribution in [0.2, 0.25) is 0 Å². The van der Waals surface area contributed by atoms with E-state index in [0.717, 1.165) is 13.0 Å². The summed E-state index contributed by atoms with van der Waals surface area (Å²) < 4.78 is 1.95. The number of Topliss-reactive ketones (excluding diaryl/α,β-unsaturated/α-hetero) is 1. The number of nitrogens with zero attached hydrogens (tertiary/aromatic N) is 2. The summed E-state index contributed by atoms with van der Waals surface area (Å²) in [5, 5.41) is 4.28. The zero-order valence-electron chi connectivity index (χ0n) is 8.08. The molecule has 0 amide bonds. The van der Waals surface area contributed by atoms with E-state index in [1.54, 1.807) is 0 Å². The highest BCUT2D eigenvalue weighted by Crippen LogP contribution is 2.16. The van der Waals surface area contributed by atoms with Crippen molar-refractivity contribution < 1.29 is 4.79 Å². The van der Waals surface area contributed by atoms with Crippen LogP contribution in [0.15, 0.2) is 6.07 Å². The summed E-state index contributed by atoms with van der Waals surface area (Å²) >= 11 is 0. The van der Waals surface area contributed by atoms with Gasteiger partial charge in [0.25, 0.3) is 0 Å². The van der Waals surface area contributed by atoms with Gasteiger partial charge in [-0.15, -0.1) is 0 Å². The highest BCUT2D eigenvalue weighted by atomic mass is 16.1. The van der Waals surface area contributed by atoms with E-state index in [9.17, 15) is 4.79 Å². The summed E-state index contributed by atoms with van der Waals surface area (Å²) in [6.07, 6.45) is 2.23. The lowest BCUT2D eigenvalue weighted by molar-refractivity contribution is 0.0933. The van der Waals surface area contributed by atoms with Crippen molar-refractivity contribution in [1.29, 1.82) is 0 Å². The van der Waals surface area contributed by atoms with Gasteiger partial charge < -0.3 is 0 Å². The Morgan fingerprint density at radius 3 is 3.00 bits per heavy atom. The Hall–Kier alpha value is -1.12.